The second-order valence-corrected chi connectivity index (χ2v) is 3.64. The third kappa shape index (κ3) is 4.13. The Labute approximate surface area is 94.3 Å². The minimum absolute atomic E-state index is 0.0181. The zero-order valence-corrected chi connectivity index (χ0v) is 9.14. The van der Waals surface area contributed by atoms with Gasteiger partial charge in [-0.05, 0) is 5.56 Å². The number of nitrogens with one attached hydrogen (secondary N) is 1. The topological polar surface area (TPSA) is 66.4 Å². The summed E-state index contributed by atoms with van der Waals surface area (Å²) in [5.74, 6) is -1.19. The minimum atomic E-state index is -0.862. The molecule has 4 nitrogen and oxygen atoms in total. The lowest BCUT2D eigenvalue weighted by Crippen LogP contribution is -2.27. The molecule has 16 heavy (non-hydrogen) atoms. The highest BCUT2D eigenvalue weighted by Gasteiger charge is 2.15. The van der Waals surface area contributed by atoms with Crippen LogP contribution < -0.4 is 5.32 Å². The van der Waals surface area contributed by atoms with Gasteiger partial charge in [-0.1, -0.05) is 30.3 Å². The largest absolute Gasteiger partial charge is 0.481 e. The van der Waals surface area contributed by atoms with E-state index < -0.39 is 5.97 Å². The summed E-state index contributed by atoms with van der Waals surface area (Å²) >= 11 is 0. The fourth-order valence-corrected chi connectivity index (χ4v) is 1.51. The van der Waals surface area contributed by atoms with Crippen molar-refractivity contribution in [1.29, 1.82) is 0 Å². The molecule has 0 radical (unpaired) electrons. The van der Waals surface area contributed by atoms with Crippen LogP contribution in [-0.2, 0) is 9.59 Å². The van der Waals surface area contributed by atoms with Gasteiger partial charge in [0.15, 0.2) is 0 Å². The predicted octanol–water partition coefficient (Wildman–Crippen LogP) is 1.38. The molecule has 0 saturated carbocycles. The number of amides is 1. The predicted molar refractivity (Wildman–Crippen MR) is 60.1 cm³/mol. The first-order chi connectivity index (χ1) is 7.59. The fourth-order valence-electron chi connectivity index (χ4n) is 1.51. The van der Waals surface area contributed by atoms with E-state index in [1.54, 1.807) is 0 Å². The maximum Gasteiger partial charge on any atom is 0.304 e. The van der Waals surface area contributed by atoms with Gasteiger partial charge in [0.05, 0.1) is 6.42 Å². The first-order valence-electron chi connectivity index (χ1n) is 5.10. The van der Waals surface area contributed by atoms with Crippen molar-refractivity contribution in [2.75, 3.05) is 6.54 Å². The molecule has 1 aromatic rings. The molecule has 0 aliphatic rings. The van der Waals surface area contributed by atoms with E-state index in [2.05, 4.69) is 5.32 Å². The van der Waals surface area contributed by atoms with Gasteiger partial charge in [0.2, 0.25) is 5.91 Å². The van der Waals surface area contributed by atoms with Crippen molar-refractivity contribution in [1.82, 2.24) is 5.32 Å². The Hall–Kier alpha value is -1.84. The second-order valence-electron chi connectivity index (χ2n) is 3.64. The summed E-state index contributed by atoms with van der Waals surface area (Å²) in [7, 11) is 0. The summed E-state index contributed by atoms with van der Waals surface area (Å²) in [5, 5.41) is 11.4. The number of hydrogen-bond acceptors (Lipinski definition) is 2. The summed E-state index contributed by atoms with van der Waals surface area (Å²) < 4.78 is 0. The third-order valence-corrected chi connectivity index (χ3v) is 2.29. The highest BCUT2D eigenvalue weighted by Crippen LogP contribution is 2.18. The molecule has 0 saturated heterocycles. The van der Waals surface area contributed by atoms with Crippen LogP contribution in [0.3, 0.4) is 0 Å². The molecule has 1 rings (SSSR count). The number of benzene rings is 1. The van der Waals surface area contributed by atoms with Crippen molar-refractivity contribution in [2.45, 2.75) is 19.3 Å². The van der Waals surface area contributed by atoms with Crippen LogP contribution in [0.2, 0.25) is 0 Å². The molecule has 1 atom stereocenters. The monoisotopic (exact) mass is 221 g/mol. The Bertz CT molecular complexity index is 362. The van der Waals surface area contributed by atoms with Gasteiger partial charge >= 0.3 is 5.97 Å². The van der Waals surface area contributed by atoms with Crippen molar-refractivity contribution in [3.8, 4) is 0 Å². The molecule has 0 unspecified atom stereocenters. The highest BCUT2D eigenvalue weighted by atomic mass is 16.4. The van der Waals surface area contributed by atoms with E-state index in [-0.39, 0.29) is 18.2 Å². The molecule has 0 spiro atoms. The van der Waals surface area contributed by atoms with E-state index in [0.717, 1.165) is 5.56 Å². The summed E-state index contributed by atoms with van der Waals surface area (Å²) in [6.45, 7) is 1.77. The Kier molecular flexibility index (Phi) is 4.51. The lowest BCUT2D eigenvalue weighted by atomic mass is 9.96. The molecule has 2 N–H and O–H groups in total. The number of carbonyl (C=O) groups is 2. The Balaban J connectivity index is 2.71. The van der Waals surface area contributed by atoms with Crippen LogP contribution in [0.15, 0.2) is 30.3 Å². The van der Waals surface area contributed by atoms with Crippen molar-refractivity contribution in [2.24, 2.45) is 0 Å². The van der Waals surface area contributed by atoms with Crippen LogP contribution in [0.1, 0.15) is 24.8 Å². The molecule has 0 bridgehead atoms. The highest BCUT2D eigenvalue weighted by molar-refractivity contribution is 5.73. The van der Waals surface area contributed by atoms with Crippen LogP contribution in [-0.4, -0.2) is 23.5 Å². The summed E-state index contributed by atoms with van der Waals surface area (Å²) in [4.78, 5) is 21.5. The molecular weight excluding hydrogens is 206 g/mol. The summed E-state index contributed by atoms with van der Waals surface area (Å²) in [5.41, 5.74) is 0.929. The molecule has 1 amide bonds. The van der Waals surface area contributed by atoms with E-state index in [9.17, 15) is 9.59 Å². The molecule has 86 valence electrons. The molecule has 0 heterocycles. The van der Waals surface area contributed by atoms with Gasteiger partial charge in [-0.2, -0.15) is 0 Å². The molecule has 0 aliphatic heterocycles. The number of rotatable bonds is 5. The average molecular weight is 221 g/mol. The normalized spacial score (nSPS) is 11.8. The molecule has 0 aromatic heterocycles. The van der Waals surface area contributed by atoms with E-state index in [1.807, 2.05) is 30.3 Å². The van der Waals surface area contributed by atoms with Crippen LogP contribution in [0, 0.1) is 0 Å². The summed E-state index contributed by atoms with van der Waals surface area (Å²) in [6, 6.07) is 9.33. The van der Waals surface area contributed by atoms with Crippen LogP contribution in [0.4, 0.5) is 0 Å². The van der Waals surface area contributed by atoms with Crippen LogP contribution in [0.5, 0.6) is 0 Å². The van der Waals surface area contributed by atoms with Gasteiger partial charge in [-0.3, -0.25) is 9.59 Å². The Morgan fingerprint density at radius 2 is 1.94 bits per heavy atom. The lowest BCUT2D eigenvalue weighted by molar-refractivity contribution is -0.137. The Morgan fingerprint density at radius 3 is 2.44 bits per heavy atom. The second kappa shape index (κ2) is 5.90. The maximum absolute atomic E-state index is 10.8. The smallest absolute Gasteiger partial charge is 0.304 e. The van der Waals surface area contributed by atoms with Gasteiger partial charge in [0, 0.05) is 19.4 Å². The molecule has 0 aliphatic carbocycles. The van der Waals surface area contributed by atoms with Gasteiger partial charge in [-0.15, -0.1) is 0 Å². The van der Waals surface area contributed by atoms with Crippen LogP contribution in [0.25, 0.3) is 0 Å². The van der Waals surface area contributed by atoms with Crippen molar-refractivity contribution >= 4 is 11.9 Å². The van der Waals surface area contributed by atoms with Gasteiger partial charge in [0.25, 0.3) is 0 Å². The molecule has 0 fully saturated rings. The van der Waals surface area contributed by atoms with Crippen LogP contribution >= 0.6 is 0 Å². The first kappa shape index (κ1) is 12.2. The third-order valence-electron chi connectivity index (χ3n) is 2.29. The van der Waals surface area contributed by atoms with E-state index >= 15 is 0 Å². The maximum atomic E-state index is 10.8. The first-order valence-corrected chi connectivity index (χ1v) is 5.10. The Morgan fingerprint density at radius 1 is 1.31 bits per heavy atom. The molecule has 1 aromatic carbocycles. The quantitative estimate of drug-likeness (QED) is 0.789. The number of carboxylic acid groups (broad SMARTS) is 1. The van der Waals surface area contributed by atoms with Crippen molar-refractivity contribution in [3.05, 3.63) is 35.9 Å². The zero-order valence-electron chi connectivity index (χ0n) is 9.14. The SMILES string of the molecule is CC(=O)NC[C@@H](CC(=O)O)c1ccccc1. The number of aliphatic carboxylic acids is 1. The van der Waals surface area contributed by atoms with Gasteiger partial charge in [-0.25, -0.2) is 0 Å². The van der Waals surface area contributed by atoms with E-state index in [4.69, 9.17) is 5.11 Å². The summed E-state index contributed by atoms with van der Waals surface area (Å²) in [6.07, 6.45) is 0.0181. The molecule has 4 heteroatoms. The number of hydrogen-bond donors (Lipinski definition) is 2. The van der Waals surface area contributed by atoms with E-state index in [0.29, 0.717) is 6.54 Å². The minimum Gasteiger partial charge on any atom is -0.481 e. The van der Waals surface area contributed by atoms with Gasteiger partial charge < -0.3 is 10.4 Å². The number of carboxylic acids is 1. The van der Waals surface area contributed by atoms with Crippen molar-refractivity contribution < 1.29 is 14.7 Å². The standard InChI is InChI=1S/C12H15NO3/c1-9(14)13-8-11(7-12(15)16)10-5-3-2-4-6-10/h2-6,11H,7-8H2,1H3,(H,13,14)(H,15,16)/t11-/m1/s1. The van der Waals surface area contributed by atoms with Gasteiger partial charge in [0.1, 0.15) is 0 Å². The lowest BCUT2D eigenvalue weighted by Gasteiger charge is -2.15. The van der Waals surface area contributed by atoms with Crippen molar-refractivity contribution in [3.63, 3.8) is 0 Å². The molecular formula is C12H15NO3. The fraction of sp³-hybridized carbons (Fsp3) is 0.333. The zero-order chi connectivity index (χ0) is 12.0. The number of carbonyl (C=O) groups excluding carboxylic acids is 1. The van der Waals surface area contributed by atoms with E-state index in [1.165, 1.54) is 6.92 Å². The average Bonchev–Trinajstić information content (AvgIpc) is 2.25.